The van der Waals surface area contributed by atoms with Crippen LogP contribution in [0.2, 0.25) is 0 Å². The molecule has 0 fully saturated rings. The number of halogens is 3. The van der Waals surface area contributed by atoms with Crippen LogP contribution in [0.3, 0.4) is 0 Å². The molecule has 1 aliphatic rings. The summed E-state index contributed by atoms with van der Waals surface area (Å²) in [5.41, 5.74) is 5.26. The Morgan fingerprint density at radius 1 is 1.53 bits per heavy atom. The van der Waals surface area contributed by atoms with Crippen molar-refractivity contribution in [2.24, 2.45) is 0 Å². The first-order valence-corrected chi connectivity index (χ1v) is 4.43. The van der Waals surface area contributed by atoms with Crippen LogP contribution in [0, 0.1) is 0 Å². The quantitative estimate of drug-likeness (QED) is 0.690. The van der Waals surface area contributed by atoms with E-state index in [0.29, 0.717) is 0 Å². The summed E-state index contributed by atoms with van der Waals surface area (Å²) in [6.07, 6.45) is -4.40. The largest absolute Gasteiger partial charge is 0.411 e. The molecule has 0 saturated carbocycles. The molecule has 2 rings (SSSR count). The van der Waals surface area contributed by atoms with Gasteiger partial charge in [-0.1, -0.05) is 0 Å². The number of nitrogens with zero attached hydrogens (tertiary/aromatic N) is 3. The highest BCUT2D eigenvalue weighted by molar-refractivity contribution is 5.35. The molecule has 1 aliphatic heterocycles. The molecule has 2 atom stereocenters. The molecule has 3 N–H and O–H groups in total. The van der Waals surface area contributed by atoms with Crippen molar-refractivity contribution in [2.45, 2.75) is 31.6 Å². The number of hydrogen-bond donors (Lipinski definition) is 2. The van der Waals surface area contributed by atoms with Crippen molar-refractivity contribution >= 4 is 11.9 Å². The van der Waals surface area contributed by atoms with Crippen LogP contribution in [-0.2, 0) is 0 Å². The lowest BCUT2D eigenvalue weighted by atomic mass is 10.1. The minimum atomic E-state index is -4.33. The molecule has 2 unspecified atom stereocenters. The van der Waals surface area contributed by atoms with Crippen molar-refractivity contribution in [3.8, 4) is 0 Å². The smallest absolute Gasteiger partial charge is 0.366 e. The Labute approximate surface area is 83.5 Å². The van der Waals surface area contributed by atoms with E-state index in [9.17, 15) is 13.2 Å². The van der Waals surface area contributed by atoms with E-state index in [1.165, 1.54) is 0 Å². The molecule has 0 amide bonds. The number of rotatable bonds is 0. The second kappa shape index (κ2) is 3.01. The van der Waals surface area contributed by atoms with E-state index in [0.717, 1.165) is 4.68 Å². The van der Waals surface area contributed by atoms with Gasteiger partial charge in [-0.05, 0) is 13.3 Å². The van der Waals surface area contributed by atoms with Crippen LogP contribution in [0.15, 0.2) is 0 Å². The molecule has 0 aromatic carbocycles. The van der Waals surface area contributed by atoms with E-state index in [1.54, 1.807) is 6.92 Å². The summed E-state index contributed by atoms with van der Waals surface area (Å²) in [7, 11) is 0. The molecule has 2 heterocycles. The Bertz CT molecular complexity index is 371. The van der Waals surface area contributed by atoms with Gasteiger partial charge in [0.05, 0.1) is 0 Å². The number of nitrogens with one attached hydrogen (secondary N) is 1. The van der Waals surface area contributed by atoms with Crippen molar-refractivity contribution in [1.82, 2.24) is 14.8 Å². The van der Waals surface area contributed by atoms with Gasteiger partial charge in [-0.2, -0.15) is 18.2 Å². The van der Waals surface area contributed by atoms with Gasteiger partial charge >= 0.3 is 6.18 Å². The Hall–Kier alpha value is -1.47. The van der Waals surface area contributed by atoms with Crippen molar-refractivity contribution in [1.29, 1.82) is 0 Å². The molecule has 0 spiro atoms. The molecule has 0 aliphatic carbocycles. The average Bonchev–Trinajstić information content (AvgIpc) is 2.41. The zero-order chi connectivity index (χ0) is 11.2. The highest BCUT2D eigenvalue weighted by Crippen LogP contribution is 2.38. The second-order valence-electron chi connectivity index (χ2n) is 3.58. The maximum atomic E-state index is 12.6. The molecule has 0 radical (unpaired) electrons. The zero-order valence-corrected chi connectivity index (χ0v) is 7.91. The van der Waals surface area contributed by atoms with Gasteiger partial charge in [0.2, 0.25) is 11.9 Å². The molecule has 5 nitrogen and oxygen atoms in total. The fourth-order valence-electron chi connectivity index (χ4n) is 1.64. The minimum Gasteiger partial charge on any atom is -0.366 e. The van der Waals surface area contributed by atoms with Gasteiger partial charge in [-0.3, -0.25) is 0 Å². The fraction of sp³-hybridized carbons (Fsp3) is 0.714. The van der Waals surface area contributed by atoms with E-state index < -0.39 is 12.2 Å². The third-order valence-electron chi connectivity index (χ3n) is 2.27. The van der Waals surface area contributed by atoms with Crippen molar-refractivity contribution in [3.05, 3.63) is 0 Å². The molecular formula is C7H10F3N5. The topological polar surface area (TPSA) is 68.8 Å². The van der Waals surface area contributed by atoms with Crippen LogP contribution in [-0.4, -0.2) is 27.0 Å². The second-order valence-corrected chi connectivity index (χ2v) is 3.58. The van der Waals surface area contributed by atoms with Crippen LogP contribution in [0.4, 0.5) is 25.1 Å². The maximum Gasteiger partial charge on any atom is 0.411 e. The number of nitrogens with two attached hydrogens (primary N) is 1. The predicted octanol–water partition coefficient (Wildman–Crippen LogP) is 1.17. The maximum absolute atomic E-state index is 12.6. The van der Waals surface area contributed by atoms with Crippen molar-refractivity contribution < 1.29 is 13.2 Å². The number of anilines is 2. The van der Waals surface area contributed by atoms with E-state index in [-0.39, 0.29) is 24.4 Å². The van der Waals surface area contributed by atoms with Gasteiger partial charge in [0.1, 0.15) is 0 Å². The van der Waals surface area contributed by atoms with Gasteiger partial charge in [0.15, 0.2) is 6.04 Å². The third-order valence-corrected chi connectivity index (χ3v) is 2.27. The highest BCUT2D eigenvalue weighted by Gasteiger charge is 2.45. The number of aromatic nitrogens is 3. The summed E-state index contributed by atoms with van der Waals surface area (Å²) in [5, 5.41) is 6.33. The van der Waals surface area contributed by atoms with E-state index in [2.05, 4.69) is 15.4 Å². The van der Waals surface area contributed by atoms with E-state index in [1.807, 2.05) is 0 Å². The monoisotopic (exact) mass is 221 g/mol. The van der Waals surface area contributed by atoms with E-state index >= 15 is 0 Å². The Kier molecular flexibility index (Phi) is 2.02. The SMILES string of the molecule is CC1CC(C(F)(F)F)n2nc(N)nc2N1. The predicted molar refractivity (Wildman–Crippen MR) is 47.2 cm³/mol. The Morgan fingerprint density at radius 2 is 2.20 bits per heavy atom. The molecule has 0 saturated heterocycles. The van der Waals surface area contributed by atoms with Gasteiger partial charge in [-0.15, -0.1) is 5.10 Å². The van der Waals surface area contributed by atoms with Gasteiger partial charge in [0, 0.05) is 6.04 Å². The van der Waals surface area contributed by atoms with Crippen LogP contribution >= 0.6 is 0 Å². The summed E-state index contributed by atoms with van der Waals surface area (Å²) in [6.45, 7) is 1.66. The molecule has 8 heteroatoms. The number of alkyl halides is 3. The number of nitrogen functional groups attached to an aromatic ring is 1. The first-order chi connectivity index (χ1) is 6.88. The number of fused-ring (bicyclic) bond motifs is 1. The Morgan fingerprint density at radius 3 is 2.80 bits per heavy atom. The molecular weight excluding hydrogens is 211 g/mol. The lowest BCUT2D eigenvalue weighted by molar-refractivity contribution is -0.173. The molecule has 15 heavy (non-hydrogen) atoms. The standard InChI is InChI=1S/C7H10F3N5/c1-3-2-4(7(8,9)10)15-6(12-3)13-5(11)14-15/h3-4H,2H2,1H3,(H3,11,12,13,14). The average molecular weight is 221 g/mol. The third kappa shape index (κ3) is 1.71. The zero-order valence-electron chi connectivity index (χ0n) is 7.91. The highest BCUT2D eigenvalue weighted by atomic mass is 19.4. The normalized spacial score (nSPS) is 25.9. The Balaban J connectivity index is 2.42. The van der Waals surface area contributed by atoms with Crippen molar-refractivity contribution in [3.63, 3.8) is 0 Å². The van der Waals surface area contributed by atoms with Crippen LogP contribution in [0.1, 0.15) is 19.4 Å². The minimum absolute atomic E-state index is 0.0701. The molecule has 1 aromatic rings. The lowest BCUT2D eigenvalue weighted by Crippen LogP contribution is -2.38. The van der Waals surface area contributed by atoms with Crippen molar-refractivity contribution in [2.75, 3.05) is 11.1 Å². The summed E-state index contributed by atoms with van der Waals surface area (Å²) in [6, 6.07) is -1.94. The summed E-state index contributed by atoms with van der Waals surface area (Å²) in [5.74, 6) is -0.0746. The molecule has 1 aromatic heterocycles. The van der Waals surface area contributed by atoms with Gasteiger partial charge in [0.25, 0.3) is 0 Å². The van der Waals surface area contributed by atoms with E-state index in [4.69, 9.17) is 5.73 Å². The van der Waals surface area contributed by atoms with Crippen LogP contribution in [0.25, 0.3) is 0 Å². The first-order valence-electron chi connectivity index (χ1n) is 4.43. The van der Waals surface area contributed by atoms with Crippen LogP contribution < -0.4 is 11.1 Å². The fourth-order valence-corrected chi connectivity index (χ4v) is 1.64. The summed E-state index contributed by atoms with van der Waals surface area (Å²) < 4.78 is 38.7. The molecule has 0 bridgehead atoms. The lowest BCUT2D eigenvalue weighted by Gasteiger charge is -2.30. The molecule has 84 valence electrons. The van der Waals surface area contributed by atoms with Crippen LogP contribution in [0.5, 0.6) is 0 Å². The number of hydrogen-bond acceptors (Lipinski definition) is 4. The summed E-state index contributed by atoms with van der Waals surface area (Å²) >= 11 is 0. The van der Waals surface area contributed by atoms with Gasteiger partial charge < -0.3 is 11.1 Å². The summed E-state index contributed by atoms with van der Waals surface area (Å²) in [4.78, 5) is 3.68. The first kappa shape index (κ1) is 10.1. The van der Waals surface area contributed by atoms with Gasteiger partial charge in [-0.25, -0.2) is 4.68 Å².